The summed E-state index contributed by atoms with van der Waals surface area (Å²) >= 11 is 0. The van der Waals surface area contributed by atoms with E-state index in [4.69, 9.17) is 4.98 Å². The second-order valence-electron chi connectivity index (χ2n) is 7.62. The first-order valence-corrected chi connectivity index (χ1v) is 12.1. The number of hydrogen-bond donors (Lipinski definition) is 3. The lowest BCUT2D eigenvalue weighted by Crippen LogP contribution is -2.23. The highest BCUT2D eigenvalue weighted by Crippen LogP contribution is 2.28. The van der Waals surface area contributed by atoms with Gasteiger partial charge in [0.25, 0.3) is 0 Å². The van der Waals surface area contributed by atoms with Gasteiger partial charge in [-0.25, -0.2) is 4.98 Å². The van der Waals surface area contributed by atoms with Gasteiger partial charge in [0.15, 0.2) is 0 Å². The maximum Gasteiger partial charge on any atom is 0.127 e. The molecule has 174 valence electrons. The number of rotatable bonds is 12. The molecule has 0 aliphatic rings. The molecule has 1 heterocycles. The van der Waals surface area contributed by atoms with Gasteiger partial charge in [0.1, 0.15) is 11.6 Å². The molecule has 3 aromatic rings. The summed E-state index contributed by atoms with van der Waals surface area (Å²) in [5.74, 6) is 1.10. The minimum absolute atomic E-state index is 0.262. The number of anilines is 2. The van der Waals surface area contributed by atoms with Gasteiger partial charge >= 0.3 is 0 Å². The predicted molar refractivity (Wildman–Crippen MR) is 139 cm³/mol. The van der Waals surface area contributed by atoms with Crippen LogP contribution in [-0.2, 0) is 6.54 Å². The molecule has 0 amide bonds. The van der Waals surface area contributed by atoms with E-state index in [2.05, 4.69) is 41.5 Å². The van der Waals surface area contributed by atoms with Crippen molar-refractivity contribution in [2.24, 2.45) is 0 Å². The van der Waals surface area contributed by atoms with Crippen molar-refractivity contribution in [2.75, 3.05) is 36.8 Å². The van der Waals surface area contributed by atoms with Crippen molar-refractivity contribution >= 4 is 22.4 Å². The number of phenols is 1. The third-order valence-corrected chi connectivity index (χ3v) is 5.45. The van der Waals surface area contributed by atoms with Crippen molar-refractivity contribution in [1.29, 1.82) is 0 Å². The number of aromatic nitrogens is 1. The lowest BCUT2D eigenvalue weighted by atomic mass is 10.1. The van der Waals surface area contributed by atoms with E-state index in [-0.39, 0.29) is 5.75 Å². The first-order valence-electron chi connectivity index (χ1n) is 12.1. The summed E-state index contributed by atoms with van der Waals surface area (Å²) in [6.07, 6.45) is 3.51. The molecule has 2 aromatic carbocycles. The van der Waals surface area contributed by atoms with E-state index in [9.17, 15) is 5.11 Å². The molecular weight excluding hydrogens is 396 g/mol. The van der Waals surface area contributed by atoms with Gasteiger partial charge in [-0.05, 0) is 56.2 Å². The minimum Gasteiger partial charge on any atom is -0.508 e. The average Bonchev–Trinajstić information content (AvgIpc) is 2.84. The normalized spacial score (nSPS) is 10.7. The summed E-state index contributed by atoms with van der Waals surface area (Å²) in [5, 5.41) is 17.9. The molecular formula is C27H40N4O. The van der Waals surface area contributed by atoms with E-state index in [1.54, 1.807) is 12.1 Å². The lowest BCUT2D eigenvalue weighted by Gasteiger charge is -2.17. The highest BCUT2D eigenvalue weighted by molar-refractivity contribution is 5.92. The Balaban J connectivity index is 0.00000176. The van der Waals surface area contributed by atoms with Gasteiger partial charge in [-0.15, -0.1) is 0 Å². The molecule has 5 heteroatoms. The zero-order chi connectivity index (χ0) is 23.2. The van der Waals surface area contributed by atoms with E-state index in [1.165, 1.54) is 24.9 Å². The molecule has 0 fully saturated rings. The molecule has 0 radical (unpaired) electrons. The summed E-state index contributed by atoms with van der Waals surface area (Å²) < 4.78 is 0. The largest absolute Gasteiger partial charge is 0.508 e. The molecule has 1 aromatic heterocycles. The molecule has 0 saturated carbocycles. The topological polar surface area (TPSA) is 60.4 Å². The van der Waals surface area contributed by atoms with Crippen molar-refractivity contribution in [2.45, 2.75) is 53.5 Å². The molecule has 0 aliphatic heterocycles. The Morgan fingerprint density at radius 2 is 1.62 bits per heavy atom. The van der Waals surface area contributed by atoms with Crippen LogP contribution in [0.5, 0.6) is 5.75 Å². The fourth-order valence-electron chi connectivity index (χ4n) is 3.64. The van der Waals surface area contributed by atoms with Gasteiger partial charge in [-0.1, -0.05) is 64.4 Å². The van der Waals surface area contributed by atoms with Crippen molar-refractivity contribution in [1.82, 2.24) is 9.88 Å². The highest BCUT2D eigenvalue weighted by Gasteiger charge is 2.07. The van der Waals surface area contributed by atoms with E-state index in [0.717, 1.165) is 55.0 Å². The third-order valence-electron chi connectivity index (χ3n) is 5.45. The van der Waals surface area contributed by atoms with Crippen molar-refractivity contribution in [3.63, 3.8) is 0 Å². The Morgan fingerprint density at radius 3 is 2.34 bits per heavy atom. The Kier molecular flexibility index (Phi) is 11.4. The number of fused-ring (bicyclic) bond motifs is 1. The number of hydrogen-bond acceptors (Lipinski definition) is 5. The molecule has 3 rings (SSSR count). The summed E-state index contributed by atoms with van der Waals surface area (Å²) in [4.78, 5) is 7.26. The van der Waals surface area contributed by atoms with Crippen LogP contribution in [0.4, 0.5) is 11.5 Å². The fourth-order valence-corrected chi connectivity index (χ4v) is 3.64. The van der Waals surface area contributed by atoms with Gasteiger partial charge in [-0.3, -0.25) is 0 Å². The number of aromatic hydroxyl groups is 1. The Labute approximate surface area is 193 Å². The van der Waals surface area contributed by atoms with Crippen molar-refractivity contribution < 1.29 is 5.11 Å². The van der Waals surface area contributed by atoms with Crippen LogP contribution in [-0.4, -0.2) is 41.2 Å². The van der Waals surface area contributed by atoms with Gasteiger partial charge in [-0.2, -0.15) is 0 Å². The maximum atomic E-state index is 10.1. The first-order chi connectivity index (χ1) is 15.7. The Morgan fingerprint density at radius 1 is 0.875 bits per heavy atom. The van der Waals surface area contributed by atoms with Gasteiger partial charge in [0.05, 0.1) is 11.2 Å². The van der Waals surface area contributed by atoms with Gasteiger partial charge in [0.2, 0.25) is 0 Å². The third kappa shape index (κ3) is 8.04. The van der Waals surface area contributed by atoms with Crippen molar-refractivity contribution in [3.05, 3.63) is 60.2 Å². The molecule has 0 bridgehead atoms. The number of unbranched alkanes of at least 4 members (excludes halogenated alkanes) is 2. The summed E-state index contributed by atoms with van der Waals surface area (Å²) in [5.41, 5.74) is 2.99. The second-order valence-corrected chi connectivity index (χ2v) is 7.62. The van der Waals surface area contributed by atoms with Gasteiger partial charge < -0.3 is 20.6 Å². The standard InChI is InChI=1S/C25H34N4O.C2H6/c1-3-29(4-2)16-10-6-9-15-26-23-18-22(30)17-21-13-14-24(28-25(21)23)27-19-20-11-7-5-8-12-20;1-2/h5,7-8,11-14,17-18,26,30H,3-4,6,9-10,15-16,19H2,1-2H3,(H,27,28);1-2H3. The zero-order valence-corrected chi connectivity index (χ0v) is 20.2. The predicted octanol–water partition coefficient (Wildman–Crippen LogP) is 6.50. The van der Waals surface area contributed by atoms with Crippen LogP contribution in [0.3, 0.4) is 0 Å². The summed E-state index contributed by atoms with van der Waals surface area (Å²) in [6.45, 7) is 13.4. The van der Waals surface area contributed by atoms with Crippen LogP contribution in [0.1, 0.15) is 52.5 Å². The van der Waals surface area contributed by atoms with Crippen LogP contribution in [0.2, 0.25) is 0 Å². The minimum atomic E-state index is 0.262. The number of nitrogens with one attached hydrogen (secondary N) is 2. The molecule has 0 unspecified atom stereocenters. The average molecular weight is 437 g/mol. The van der Waals surface area contributed by atoms with Crippen LogP contribution >= 0.6 is 0 Å². The number of pyridine rings is 1. The summed E-state index contributed by atoms with van der Waals surface area (Å²) in [6, 6.07) is 17.8. The monoisotopic (exact) mass is 436 g/mol. The van der Waals surface area contributed by atoms with Crippen LogP contribution < -0.4 is 10.6 Å². The van der Waals surface area contributed by atoms with E-state index in [1.807, 2.05) is 44.2 Å². The van der Waals surface area contributed by atoms with Crippen molar-refractivity contribution in [3.8, 4) is 5.75 Å². The SMILES string of the molecule is CC.CCN(CC)CCCCCNc1cc(O)cc2ccc(NCc3ccccc3)nc12. The smallest absolute Gasteiger partial charge is 0.127 e. The zero-order valence-electron chi connectivity index (χ0n) is 20.2. The van der Waals surface area contributed by atoms with E-state index in [0.29, 0.717) is 0 Å². The fraction of sp³-hybridized carbons (Fsp3) is 0.444. The van der Waals surface area contributed by atoms with Crippen LogP contribution in [0.25, 0.3) is 10.9 Å². The van der Waals surface area contributed by atoms with E-state index < -0.39 is 0 Å². The first kappa shape index (κ1) is 25.5. The maximum absolute atomic E-state index is 10.1. The molecule has 0 atom stereocenters. The Hall–Kier alpha value is -2.79. The number of phenolic OH excluding ortho intramolecular Hbond substituents is 1. The number of nitrogens with zero attached hydrogens (tertiary/aromatic N) is 2. The quantitative estimate of drug-likeness (QED) is 0.283. The highest BCUT2D eigenvalue weighted by atomic mass is 16.3. The number of benzene rings is 2. The lowest BCUT2D eigenvalue weighted by molar-refractivity contribution is 0.296. The summed E-state index contributed by atoms with van der Waals surface area (Å²) in [7, 11) is 0. The molecule has 32 heavy (non-hydrogen) atoms. The molecule has 3 N–H and O–H groups in total. The molecule has 0 spiro atoms. The molecule has 5 nitrogen and oxygen atoms in total. The van der Waals surface area contributed by atoms with Crippen LogP contribution in [0, 0.1) is 0 Å². The Bertz CT molecular complexity index is 910. The molecule has 0 saturated heterocycles. The second kappa shape index (κ2) is 14.3. The van der Waals surface area contributed by atoms with Crippen LogP contribution in [0.15, 0.2) is 54.6 Å². The van der Waals surface area contributed by atoms with E-state index >= 15 is 0 Å². The van der Waals surface area contributed by atoms with Gasteiger partial charge in [0, 0.05) is 24.5 Å². The molecule has 0 aliphatic carbocycles.